The standard InChI is InChI=1S/C36H40ClN5O2/c1-40(2)18-19-41-20-22-42(23-21-41)34-17-16-30(26-33(34)39-35(43)29-14-9-15-31(37)25-29)36(44)38-32(28-12-7-4-8-13-28)24-27-10-5-3-6-11-27/h3-17,25-26,32H,18-24H2,1-2H3,(H,38,44)(H,39,43). The molecule has 44 heavy (non-hydrogen) atoms. The fourth-order valence-corrected chi connectivity index (χ4v) is 5.65. The summed E-state index contributed by atoms with van der Waals surface area (Å²) in [6.07, 6.45) is 0.658. The number of hydrogen-bond donors (Lipinski definition) is 2. The van der Waals surface area contributed by atoms with E-state index in [0.29, 0.717) is 28.3 Å². The molecule has 1 saturated heterocycles. The third-order valence-corrected chi connectivity index (χ3v) is 8.20. The summed E-state index contributed by atoms with van der Waals surface area (Å²) < 4.78 is 0. The monoisotopic (exact) mass is 609 g/mol. The van der Waals surface area contributed by atoms with Crippen LogP contribution in [0.15, 0.2) is 103 Å². The molecule has 228 valence electrons. The predicted molar refractivity (Wildman–Crippen MR) is 180 cm³/mol. The molecule has 0 aliphatic carbocycles. The van der Waals surface area contributed by atoms with Crippen molar-refractivity contribution in [3.05, 3.63) is 130 Å². The molecule has 2 amide bonds. The highest BCUT2D eigenvalue weighted by Crippen LogP contribution is 2.30. The van der Waals surface area contributed by atoms with Crippen LogP contribution in [0.25, 0.3) is 0 Å². The minimum absolute atomic E-state index is 0.201. The smallest absolute Gasteiger partial charge is 0.255 e. The van der Waals surface area contributed by atoms with Gasteiger partial charge in [0.1, 0.15) is 0 Å². The molecular weight excluding hydrogens is 570 g/mol. The number of anilines is 2. The predicted octanol–water partition coefficient (Wildman–Crippen LogP) is 5.99. The van der Waals surface area contributed by atoms with Crippen LogP contribution in [0.2, 0.25) is 5.02 Å². The second-order valence-electron chi connectivity index (χ2n) is 11.5. The Kier molecular flexibility index (Phi) is 10.7. The summed E-state index contributed by atoms with van der Waals surface area (Å²) in [5.41, 5.74) is 4.60. The molecule has 1 heterocycles. The molecule has 0 aromatic heterocycles. The molecule has 5 rings (SSSR count). The van der Waals surface area contributed by atoms with Crippen LogP contribution in [-0.2, 0) is 6.42 Å². The first-order chi connectivity index (χ1) is 21.4. The van der Waals surface area contributed by atoms with Gasteiger partial charge in [-0.3, -0.25) is 14.5 Å². The van der Waals surface area contributed by atoms with Crippen molar-refractivity contribution in [2.24, 2.45) is 0 Å². The molecule has 4 aromatic rings. The fraction of sp³-hybridized carbons (Fsp3) is 0.278. The zero-order valence-corrected chi connectivity index (χ0v) is 26.1. The molecule has 7 nitrogen and oxygen atoms in total. The number of carbonyl (C=O) groups is 2. The van der Waals surface area contributed by atoms with Gasteiger partial charge < -0.3 is 20.4 Å². The van der Waals surface area contributed by atoms with Crippen molar-refractivity contribution in [3.63, 3.8) is 0 Å². The highest BCUT2D eigenvalue weighted by Gasteiger charge is 2.23. The Morgan fingerprint density at radius 2 is 1.48 bits per heavy atom. The molecule has 1 unspecified atom stereocenters. The van der Waals surface area contributed by atoms with Crippen molar-refractivity contribution in [2.75, 3.05) is 63.6 Å². The third-order valence-electron chi connectivity index (χ3n) is 7.96. The van der Waals surface area contributed by atoms with Gasteiger partial charge in [0, 0.05) is 55.4 Å². The van der Waals surface area contributed by atoms with E-state index in [1.807, 2.05) is 60.7 Å². The summed E-state index contributed by atoms with van der Waals surface area (Å²) in [6, 6.07) is 32.4. The molecule has 1 aliphatic rings. The van der Waals surface area contributed by atoms with Crippen LogP contribution in [-0.4, -0.2) is 75.0 Å². The van der Waals surface area contributed by atoms with Crippen molar-refractivity contribution < 1.29 is 9.59 Å². The lowest BCUT2D eigenvalue weighted by Gasteiger charge is -2.37. The van der Waals surface area contributed by atoms with Gasteiger partial charge in [0.15, 0.2) is 0 Å². The molecule has 0 radical (unpaired) electrons. The summed E-state index contributed by atoms with van der Waals surface area (Å²) in [5, 5.41) is 6.83. The molecule has 2 N–H and O–H groups in total. The number of piperazine rings is 1. The number of halogens is 1. The first-order valence-corrected chi connectivity index (χ1v) is 15.5. The van der Waals surface area contributed by atoms with Crippen LogP contribution in [0.3, 0.4) is 0 Å². The second kappa shape index (κ2) is 15.0. The minimum Gasteiger partial charge on any atom is -0.367 e. The van der Waals surface area contributed by atoms with Gasteiger partial charge in [0.25, 0.3) is 11.8 Å². The van der Waals surface area contributed by atoms with E-state index >= 15 is 0 Å². The van der Waals surface area contributed by atoms with E-state index in [4.69, 9.17) is 11.6 Å². The number of benzene rings is 4. The maximum atomic E-state index is 13.8. The van der Waals surface area contributed by atoms with Crippen LogP contribution in [0.1, 0.15) is 37.9 Å². The SMILES string of the molecule is CN(C)CCN1CCN(c2ccc(C(=O)NC(Cc3ccccc3)c3ccccc3)cc2NC(=O)c2cccc(Cl)c2)CC1. The van der Waals surface area contributed by atoms with E-state index in [1.165, 1.54) is 0 Å². The highest BCUT2D eigenvalue weighted by atomic mass is 35.5. The average Bonchev–Trinajstić information content (AvgIpc) is 3.04. The maximum absolute atomic E-state index is 13.8. The number of nitrogens with one attached hydrogen (secondary N) is 2. The number of amides is 2. The summed E-state index contributed by atoms with van der Waals surface area (Å²) in [6.45, 7) is 5.53. The van der Waals surface area contributed by atoms with Gasteiger partial charge in [-0.15, -0.1) is 0 Å². The van der Waals surface area contributed by atoms with Gasteiger partial charge >= 0.3 is 0 Å². The van der Waals surface area contributed by atoms with E-state index in [-0.39, 0.29) is 17.9 Å². The molecule has 1 fully saturated rings. The van der Waals surface area contributed by atoms with Crippen molar-refractivity contribution in [1.29, 1.82) is 0 Å². The van der Waals surface area contributed by atoms with Crippen molar-refractivity contribution >= 4 is 34.8 Å². The Labute approximate surface area is 265 Å². The van der Waals surface area contributed by atoms with Gasteiger partial charge in [-0.1, -0.05) is 78.3 Å². The van der Waals surface area contributed by atoms with Crippen LogP contribution in [0.5, 0.6) is 0 Å². The lowest BCUT2D eigenvalue weighted by Crippen LogP contribution is -2.48. The first kappa shape index (κ1) is 31.3. The van der Waals surface area contributed by atoms with E-state index in [9.17, 15) is 9.59 Å². The summed E-state index contributed by atoms with van der Waals surface area (Å²) in [5.74, 6) is -0.477. The molecule has 1 atom stereocenters. The van der Waals surface area contributed by atoms with Gasteiger partial charge in [0.2, 0.25) is 0 Å². The lowest BCUT2D eigenvalue weighted by molar-refractivity contribution is 0.0935. The number of rotatable bonds is 11. The average molecular weight is 610 g/mol. The van der Waals surface area contributed by atoms with Crippen LogP contribution in [0, 0.1) is 0 Å². The number of likely N-dealkylation sites (N-methyl/N-ethyl adjacent to an activating group) is 1. The molecular formula is C36H40ClN5O2. The molecule has 1 aliphatic heterocycles. The van der Waals surface area contributed by atoms with Gasteiger partial charge in [0.05, 0.1) is 17.4 Å². The quantitative estimate of drug-likeness (QED) is 0.219. The molecule has 0 bridgehead atoms. The Morgan fingerprint density at radius 1 is 0.795 bits per heavy atom. The number of nitrogens with zero attached hydrogens (tertiary/aromatic N) is 3. The van der Waals surface area contributed by atoms with Crippen molar-refractivity contribution in [1.82, 2.24) is 15.1 Å². The highest BCUT2D eigenvalue weighted by molar-refractivity contribution is 6.31. The molecule has 4 aromatic carbocycles. The topological polar surface area (TPSA) is 67.9 Å². The maximum Gasteiger partial charge on any atom is 0.255 e. The summed E-state index contributed by atoms with van der Waals surface area (Å²) >= 11 is 6.18. The van der Waals surface area contributed by atoms with Gasteiger partial charge in [-0.25, -0.2) is 0 Å². The third kappa shape index (κ3) is 8.47. The van der Waals surface area contributed by atoms with Crippen molar-refractivity contribution in [2.45, 2.75) is 12.5 Å². The zero-order chi connectivity index (χ0) is 30.9. The molecule has 8 heteroatoms. The summed E-state index contributed by atoms with van der Waals surface area (Å²) in [7, 11) is 4.18. The normalized spacial score (nSPS) is 14.3. The second-order valence-corrected chi connectivity index (χ2v) is 11.9. The Morgan fingerprint density at radius 3 is 2.16 bits per heavy atom. The van der Waals surface area contributed by atoms with E-state index in [0.717, 1.165) is 56.1 Å². The van der Waals surface area contributed by atoms with Gasteiger partial charge in [-0.2, -0.15) is 0 Å². The van der Waals surface area contributed by atoms with Crippen LogP contribution >= 0.6 is 11.6 Å². The van der Waals surface area contributed by atoms with E-state index in [1.54, 1.807) is 30.3 Å². The van der Waals surface area contributed by atoms with E-state index < -0.39 is 0 Å². The number of hydrogen-bond acceptors (Lipinski definition) is 5. The van der Waals surface area contributed by atoms with E-state index in [2.05, 4.69) is 51.6 Å². The van der Waals surface area contributed by atoms with Crippen molar-refractivity contribution in [3.8, 4) is 0 Å². The molecule has 0 spiro atoms. The first-order valence-electron chi connectivity index (χ1n) is 15.1. The summed E-state index contributed by atoms with van der Waals surface area (Å²) in [4.78, 5) is 34.0. The Balaban J connectivity index is 1.39. The van der Waals surface area contributed by atoms with Crippen LogP contribution < -0.4 is 15.5 Å². The largest absolute Gasteiger partial charge is 0.367 e. The Bertz CT molecular complexity index is 1540. The fourth-order valence-electron chi connectivity index (χ4n) is 5.46. The minimum atomic E-state index is -0.276. The van der Waals surface area contributed by atoms with Gasteiger partial charge in [-0.05, 0) is 68.0 Å². The zero-order valence-electron chi connectivity index (χ0n) is 25.4. The molecule has 0 saturated carbocycles. The number of carbonyl (C=O) groups excluding carboxylic acids is 2. The Hall–Kier alpha value is -4.17. The lowest BCUT2D eigenvalue weighted by atomic mass is 9.98. The van der Waals surface area contributed by atoms with Crippen LogP contribution in [0.4, 0.5) is 11.4 Å².